The third-order valence-corrected chi connectivity index (χ3v) is 6.28. The van der Waals surface area contributed by atoms with Gasteiger partial charge in [-0.1, -0.05) is 26.8 Å². The molecule has 35 heavy (non-hydrogen) atoms. The number of anilines is 4. The summed E-state index contributed by atoms with van der Waals surface area (Å²) in [6.45, 7) is 10.5. The monoisotopic (exact) mass is 469 g/mol. The summed E-state index contributed by atoms with van der Waals surface area (Å²) in [5, 5.41) is 17.8. The van der Waals surface area contributed by atoms with Crippen molar-refractivity contribution in [3.63, 3.8) is 0 Å². The number of rotatable bonds is 5. The summed E-state index contributed by atoms with van der Waals surface area (Å²) in [6, 6.07) is 15.6. The number of nitrogens with zero attached hydrogens (tertiary/aromatic N) is 3. The van der Waals surface area contributed by atoms with Gasteiger partial charge in [-0.2, -0.15) is 5.10 Å². The van der Waals surface area contributed by atoms with Crippen molar-refractivity contribution in [2.45, 2.75) is 26.2 Å². The van der Waals surface area contributed by atoms with E-state index in [4.69, 9.17) is 0 Å². The highest BCUT2D eigenvalue weighted by molar-refractivity contribution is 6.08. The van der Waals surface area contributed by atoms with Crippen LogP contribution in [0.2, 0.25) is 0 Å². The fourth-order valence-corrected chi connectivity index (χ4v) is 4.45. The van der Waals surface area contributed by atoms with Crippen LogP contribution in [-0.4, -0.2) is 47.3 Å². The zero-order valence-electron chi connectivity index (χ0n) is 20.4. The summed E-state index contributed by atoms with van der Waals surface area (Å²) in [6.07, 6.45) is 3.45. The van der Waals surface area contributed by atoms with Crippen LogP contribution in [0.5, 0.6) is 0 Å². The zero-order valence-corrected chi connectivity index (χ0v) is 20.4. The Labute approximate surface area is 205 Å². The largest absolute Gasteiger partial charge is 0.369 e. The number of carbonyl (C=O) groups is 1. The number of carbonyl (C=O) groups excluding carboxylic acids is 1. The van der Waals surface area contributed by atoms with Crippen LogP contribution in [-0.2, 0) is 5.41 Å². The van der Waals surface area contributed by atoms with E-state index in [1.807, 2.05) is 24.3 Å². The highest BCUT2D eigenvalue weighted by Crippen LogP contribution is 2.35. The summed E-state index contributed by atoms with van der Waals surface area (Å²) in [5.74, 6) is 0.287. The molecule has 0 aliphatic carbocycles. The van der Waals surface area contributed by atoms with E-state index in [-0.39, 0.29) is 11.3 Å². The van der Waals surface area contributed by atoms with Crippen molar-refractivity contribution in [2.24, 2.45) is 0 Å². The molecule has 0 atom stereocenters. The first kappa shape index (κ1) is 22.9. The Kier molecular flexibility index (Phi) is 6.13. The van der Waals surface area contributed by atoms with Crippen LogP contribution >= 0.6 is 0 Å². The van der Waals surface area contributed by atoms with Crippen LogP contribution in [0.25, 0.3) is 10.9 Å². The predicted molar refractivity (Wildman–Crippen MR) is 142 cm³/mol. The first-order valence-electron chi connectivity index (χ1n) is 12.0. The Balaban J connectivity index is 1.40. The Hall–Kier alpha value is -3.91. The zero-order chi connectivity index (χ0) is 24.4. The maximum absolute atomic E-state index is 13.3. The van der Waals surface area contributed by atoms with Crippen molar-refractivity contribution in [2.75, 3.05) is 41.7 Å². The smallest absolute Gasteiger partial charge is 0.259 e. The highest BCUT2D eigenvalue weighted by Gasteiger charge is 2.23. The molecule has 8 heteroatoms. The van der Waals surface area contributed by atoms with E-state index < -0.39 is 0 Å². The van der Waals surface area contributed by atoms with Gasteiger partial charge in [0.25, 0.3) is 5.91 Å². The van der Waals surface area contributed by atoms with Crippen molar-refractivity contribution < 1.29 is 4.79 Å². The molecule has 8 nitrogen and oxygen atoms in total. The van der Waals surface area contributed by atoms with Crippen molar-refractivity contribution in [1.82, 2.24) is 20.5 Å². The normalized spacial score (nSPS) is 14.2. The molecule has 2 aromatic carbocycles. The van der Waals surface area contributed by atoms with E-state index in [0.29, 0.717) is 11.4 Å². The molecule has 0 bridgehead atoms. The van der Waals surface area contributed by atoms with Gasteiger partial charge in [0, 0.05) is 54.8 Å². The molecule has 0 unspecified atom stereocenters. The molecular formula is C27H31N7O. The van der Waals surface area contributed by atoms with E-state index in [1.165, 1.54) is 11.3 Å². The van der Waals surface area contributed by atoms with Crippen LogP contribution in [0.15, 0.2) is 60.9 Å². The SMILES string of the molecule is CC(C)(C)c1ccc(NC(=O)c2cccnc2Nc2ccc3cn[nH]c3c2)cc1N1CCNCC1. The number of hydrogen-bond donors (Lipinski definition) is 4. The van der Waals surface area contributed by atoms with Gasteiger partial charge in [0.2, 0.25) is 0 Å². The van der Waals surface area contributed by atoms with Crippen LogP contribution in [0.4, 0.5) is 22.9 Å². The molecule has 4 aromatic rings. The number of H-pyrrole nitrogens is 1. The lowest BCUT2D eigenvalue weighted by molar-refractivity contribution is 0.102. The number of amides is 1. The van der Waals surface area contributed by atoms with E-state index >= 15 is 0 Å². The molecule has 1 aliphatic heterocycles. The summed E-state index contributed by atoms with van der Waals surface area (Å²) < 4.78 is 0. The first-order chi connectivity index (χ1) is 16.9. The van der Waals surface area contributed by atoms with Gasteiger partial charge in [-0.3, -0.25) is 9.89 Å². The minimum atomic E-state index is -0.210. The average Bonchev–Trinajstić information content (AvgIpc) is 3.32. The summed E-state index contributed by atoms with van der Waals surface area (Å²) in [5.41, 5.74) is 5.43. The second-order valence-corrected chi connectivity index (χ2v) is 9.87. The van der Waals surface area contributed by atoms with Crippen molar-refractivity contribution in [1.29, 1.82) is 0 Å². The quantitative estimate of drug-likeness (QED) is 0.339. The number of aromatic amines is 1. The van der Waals surface area contributed by atoms with Crippen molar-refractivity contribution in [3.05, 3.63) is 72.1 Å². The minimum Gasteiger partial charge on any atom is -0.369 e. The van der Waals surface area contributed by atoms with E-state index in [0.717, 1.165) is 48.5 Å². The van der Waals surface area contributed by atoms with Crippen LogP contribution in [0.1, 0.15) is 36.7 Å². The van der Waals surface area contributed by atoms with E-state index in [2.05, 4.69) is 68.9 Å². The number of hydrogen-bond acceptors (Lipinski definition) is 6. The molecule has 0 spiro atoms. The van der Waals surface area contributed by atoms with E-state index in [9.17, 15) is 4.79 Å². The van der Waals surface area contributed by atoms with Gasteiger partial charge in [0.05, 0.1) is 17.3 Å². The second kappa shape index (κ2) is 9.38. The maximum Gasteiger partial charge on any atom is 0.259 e. The molecule has 1 aliphatic rings. The van der Waals surface area contributed by atoms with Gasteiger partial charge < -0.3 is 20.9 Å². The predicted octanol–water partition coefficient (Wildman–Crippen LogP) is 4.66. The number of pyridine rings is 1. The molecule has 4 N–H and O–H groups in total. The van der Waals surface area contributed by atoms with Gasteiger partial charge >= 0.3 is 0 Å². The Morgan fingerprint density at radius 1 is 1.03 bits per heavy atom. The van der Waals surface area contributed by atoms with Crippen molar-refractivity contribution >= 4 is 39.7 Å². The van der Waals surface area contributed by atoms with Gasteiger partial charge in [-0.15, -0.1) is 0 Å². The lowest BCUT2D eigenvalue weighted by Crippen LogP contribution is -2.44. The van der Waals surface area contributed by atoms with Gasteiger partial charge in [-0.25, -0.2) is 4.98 Å². The Bertz CT molecular complexity index is 1350. The molecule has 1 fully saturated rings. The first-order valence-corrected chi connectivity index (χ1v) is 12.0. The molecule has 1 amide bonds. The molecule has 2 aromatic heterocycles. The number of nitrogens with one attached hydrogen (secondary N) is 4. The molecule has 0 saturated carbocycles. The number of fused-ring (bicyclic) bond motifs is 1. The molecule has 5 rings (SSSR count). The highest BCUT2D eigenvalue weighted by atomic mass is 16.1. The maximum atomic E-state index is 13.3. The van der Waals surface area contributed by atoms with E-state index in [1.54, 1.807) is 24.5 Å². The van der Waals surface area contributed by atoms with Crippen LogP contribution < -0.4 is 20.9 Å². The number of benzene rings is 2. The molecule has 3 heterocycles. The van der Waals surface area contributed by atoms with Crippen LogP contribution in [0.3, 0.4) is 0 Å². The fourth-order valence-electron chi connectivity index (χ4n) is 4.45. The molecule has 1 saturated heterocycles. The average molecular weight is 470 g/mol. The Morgan fingerprint density at radius 3 is 2.63 bits per heavy atom. The summed E-state index contributed by atoms with van der Waals surface area (Å²) >= 11 is 0. The fraction of sp³-hybridized carbons (Fsp3) is 0.296. The Morgan fingerprint density at radius 2 is 1.83 bits per heavy atom. The van der Waals surface area contributed by atoms with Crippen LogP contribution in [0, 0.1) is 0 Å². The molecule has 0 radical (unpaired) electrons. The lowest BCUT2D eigenvalue weighted by Gasteiger charge is -2.34. The summed E-state index contributed by atoms with van der Waals surface area (Å²) in [4.78, 5) is 20.2. The topological polar surface area (TPSA) is 98.0 Å². The van der Waals surface area contributed by atoms with Gasteiger partial charge in [0.1, 0.15) is 5.82 Å². The van der Waals surface area contributed by atoms with Crippen molar-refractivity contribution in [3.8, 4) is 0 Å². The van der Waals surface area contributed by atoms with Gasteiger partial charge in [0.15, 0.2) is 0 Å². The standard InChI is InChI=1S/C27H31N7O/c1-27(2,3)22-9-8-20(16-24(22)34-13-11-28-12-14-34)32-26(35)21-5-4-10-29-25(21)31-19-7-6-18-17-30-33-23(18)15-19/h4-10,15-17,28H,11-14H2,1-3H3,(H,29,31)(H,30,33)(H,32,35). The summed E-state index contributed by atoms with van der Waals surface area (Å²) in [7, 11) is 0. The van der Waals surface area contributed by atoms with Gasteiger partial charge in [-0.05, 0) is 53.4 Å². The third kappa shape index (κ3) is 4.97. The lowest BCUT2D eigenvalue weighted by atomic mass is 9.85. The second-order valence-electron chi connectivity index (χ2n) is 9.87. The number of aromatic nitrogens is 3. The minimum absolute atomic E-state index is 0.00105. The number of piperazine rings is 1. The third-order valence-electron chi connectivity index (χ3n) is 6.28. The molecular weight excluding hydrogens is 438 g/mol. The molecule has 180 valence electrons.